The molecule has 0 aliphatic carbocycles. The molecule has 0 saturated heterocycles. The number of benzene rings is 2. The van der Waals surface area contributed by atoms with Gasteiger partial charge >= 0.3 is 0 Å². The highest BCUT2D eigenvalue weighted by Crippen LogP contribution is 2.26. The normalized spacial score (nSPS) is 11.2. The summed E-state index contributed by atoms with van der Waals surface area (Å²) in [7, 11) is -3.98. The van der Waals surface area contributed by atoms with E-state index in [2.05, 4.69) is 4.98 Å². The third-order valence-corrected chi connectivity index (χ3v) is 5.86. The average molecular weight is 399 g/mol. The van der Waals surface area contributed by atoms with Crippen LogP contribution in [0.2, 0.25) is 0 Å². The number of sulfonamides is 1. The molecule has 144 valence electrons. The van der Waals surface area contributed by atoms with Gasteiger partial charge in [0.2, 0.25) is 0 Å². The van der Waals surface area contributed by atoms with Crippen LogP contribution in [0.1, 0.15) is 15.9 Å². The molecule has 1 aromatic heterocycles. The Morgan fingerprint density at radius 3 is 2.43 bits per heavy atom. The molecule has 0 atom stereocenters. The Bertz CT molecular complexity index is 1070. The topological polar surface area (TPSA) is 93.4 Å². The molecule has 0 bridgehead atoms. The van der Waals surface area contributed by atoms with Gasteiger partial charge in [-0.25, -0.2) is 12.8 Å². The fraction of sp³-hybridized carbons (Fsp3) is 0.100. The van der Waals surface area contributed by atoms with E-state index >= 15 is 0 Å². The summed E-state index contributed by atoms with van der Waals surface area (Å²) in [6.45, 7) is -0.151. The number of pyridine rings is 1. The fourth-order valence-corrected chi connectivity index (χ4v) is 4.06. The van der Waals surface area contributed by atoms with Crippen molar-refractivity contribution < 1.29 is 17.6 Å². The fourth-order valence-electron chi connectivity index (χ4n) is 2.65. The Kier molecular flexibility index (Phi) is 5.81. The molecule has 0 unspecified atom stereocenters. The molecule has 3 rings (SSSR count). The number of hydrogen-bond donors (Lipinski definition) is 1. The van der Waals surface area contributed by atoms with E-state index in [4.69, 9.17) is 5.73 Å². The third-order valence-electron chi connectivity index (χ3n) is 4.11. The summed E-state index contributed by atoms with van der Waals surface area (Å²) >= 11 is 0. The molecular weight excluding hydrogens is 381 g/mol. The lowest BCUT2D eigenvalue weighted by Gasteiger charge is -2.24. The quantitative estimate of drug-likeness (QED) is 0.617. The van der Waals surface area contributed by atoms with Crippen LogP contribution in [0.4, 0.5) is 10.1 Å². The summed E-state index contributed by atoms with van der Waals surface area (Å²) in [5.74, 6) is -0.760. The van der Waals surface area contributed by atoms with Crippen molar-refractivity contribution in [2.45, 2.75) is 11.4 Å². The minimum Gasteiger partial charge on any atom is -0.324 e. The maximum absolute atomic E-state index is 13.8. The number of rotatable bonds is 7. The number of halogens is 1. The molecule has 0 saturated carbocycles. The Morgan fingerprint density at radius 1 is 1.07 bits per heavy atom. The van der Waals surface area contributed by atoms with E-state index in [1.165, 1.54) is 42.7 Å². The van der Waals surface area contributed by atoms with Crippen molar-refractivity contribution in [3.63, 3.8) is 0 Å². The summed E-state index contributed by atoms with van der Waals surface area (Å²) in [6, 6.07) is 14.8. The lowest BCUT2D eigenvalue weighted by molar-refractivity contribution is 0.100. The molecule has 0 amide bonds. The maximum Gasteiger partial charge on any atom is 0.266 e. The predicted octanol–water partition coefficient (Wildman–Crippen LogP) is 2.76. The average Bonchev–Trinajstić information content (AvgIpc) is 2.72. The third kappa shape index (κ3) is 4.24. The molecule has 0 fully saturated rings. The van der Waals surface area contributed by atoms with Gasteiger partial charge in [0.1, 0.15) is 10.7 Å². The van der Waals surface area contributed by atoms with Crippen molar-refractivity contribution in [1.82, 2.24) is 4.98 Å². The molecule has 8 heteroatoms. The first kappa shape index (κ1) is 19.7. The van der Waals surface area contributed by atoms with Crippen LogP contribution in [0.3, 0.4) is 0 Å². The van der Waals surface area contributed by atoms with Gasteiger partial charge in [-0.2, -0.15) is 0 Å². The first-order chi connectivity index (χ1) is 13.4. The van der Waals surface area contributed by atoms with Crippen molar-refractivity contribution in [2.24, 2.45) is 5.73 Å². The molecule has 3 aromatic rings. The second-order valence-corrected chi connectivity index (χ2v) is 7.87. The summed E-state index contributed by atoms with van der Waals surface area (Å²) in [5, 5.41) is 0. The second-order valence-electron chi connectivity index (χ2n) is 6.00. The molecule has 6 nitrogen and oxygen atoms in total. The monoisotopic (exact) mass is 399 g/mol. The van der Waals surface area contributed by atoms with Crippen LogP contribution in [0, 0.1) is 5.82 Å². The van der Waals surface area contributed by atoms with Crippen LogP contribution in [0.25, 0.3) is 0 Å². The standard InChI is InChI=1S/C20H18FN3O3S/c21-17-3-1-4-18(11-17)24(28(26,27)19-5-2-10-23-13-19)14-15-6-8-16(9-7-15)20(25)12-22/h1-11,13H,12,14,22H2. The highest BCUT2D eigenvalue weighted by molar-refractivity contribution is 7.92. The maximum atomic E-state index is 13.8. The smallest absolute Gasteiger partial charge is 0.266 e. The zero-order valence-corrected chi connectivity index (χ0v) is 15.6. The minimum atomic E-state index is -3.98. The zero-order valence-electron chi connectivity index (χ0n) is 14.8. The van der Waals surface area contributed by atoms with E-state index in [1.54, 1.807) is 24.3 Å². The van der Waals surface area contributed by atoms with Crippen molar-refractivity contribution in [3.8, 4) is 0 Å². The second kappa shape index (κ2) is 8.28. The lowest BCUT2D eigenvalue weighted by Crippen LogP contribution is -2.30. The number of anilines is 1. The molecule has 0 radical (unpaired) electrons. The van der Waals surface area contributed by atoms with E-state index in [9.17, 15) is 17.6 Å². The van der Waals surface area contributed by atoms with Crippen LogP contribution < -0.4 is 10.0 Å². The summed E-state index contributed by atoms with van der Waals surface area (Å²) < 4.78 is 41.2. The molecule has 1 heterocycles. The van der Waals surface area contributed by atoms with Gasteiger partial charge in [-0.3, -0.25) is 14.1 Å². The number of nitrogens with two attached hydrogens (primary N) is 1. The van der Waals surface area contributed by atoms with E-state index in [0.717, 1.165) is 10.4 Å². The van der Waals surface area contributed by atoms with E-state index < -0.39 is 15.8 Å². The Hall–Kier alpha value is -3.10. The summed E-state index contributed by atoms with van der Waals surface area (Å²) in [5.41, 5.74) is 6.62. The van der Waals surface area contributed by atoms with Crippen molar-refractivity contribution in [2.75, 3.05) is 10.8 Å². The SMILES string of the molecule is NCC(=O)c1ccc(CN(c2cccc(F)c2)S(=O)(=O)c2cccnc2)cc1. The number of aromatic nitrogens is 1. The van der Waals surface area contributed by atoms with Gasteiger partial charge < -0.3 is 5.73 Å². The van der Waals surface area contributed by atoms with Gasteiger partial charge in [0.25, 0.3) is 10.0 Å². The van der Waals surface area contributed by atoms with Crippen molar-refractivity contribution in [1.29, 1.82) is 0 Å². The number of ketones is 1. The lowest BCUT2D eigenvalue weighted by atomic mass is 10.1. The Labute approximate surface area is 162 Å². The van der Waals surface area contributed by atoms with Crippen LogP contribution in [0.5, 0.6) is 0 Å². The van der Waals surface area contributed by atoms with E-state index in [0.29, 0.717) is 11.1 Å². The molecule has 28 heavy (non-hydrogen) atoms. The van der Waals surface area contributed by atoms with Gasteiger partial charge in [0.15, 0.2) is 5.78 Å². The Morgan fingerprint density at radius 2 is 1.82 bits per heavy atom. The summed E-state index contributed by atoms with van der Waals surface area (Å²) in [4.78, 5) is 15.5. The van der Waals surface area contributed by atoms with Gasteiger partial charge in [-0.15, -0.1) is 0 Å². The highest BCUT2D eigenvalue weighted by atomic mass is 32.2. The number of Topliss-reactive ketones (excluding diaryl/α,β-unsaturated/α-hetero) is 1. The summed E-state index contributed by atoms with van der Waals surface area (Å²) in [6.07, 6.45) is 2.71. The highest BCUT2D eigenvalue weighted by Gasteiger charge is 2.26. The van der Waals surface area contributed by atoms with Gasteiger partial charge in [-0.1, -0.05) is 30.3 Å². The number of carbonyl (C=O) groups is 1. The van der Waals surface area contributed by atoms with Gasteiger partial charge in [-0.05, 0) is 35.9 Å². The van der Waals surface area contributed by atoms with Crippen molar-refractivity contribution in [3.05, 3.63) is 90.0 Å². The molecule has 0 spiro atoms. The van der Waals surface area contributed by atoms with Gasteiger partial charge in [0, 0.05) is 18.0 Å². The van der Waals surface area contributed by atoms with E-state index in [-0.39, 0.29) is 29.5 Å². The van der Waals surface area contributed by atoms with Crippen LogP contribution in [-0.2, 0) is 16.6 Å². The zero-order chi connectivity index (χ0) is 20.1. The number of carbonyl (C=O) groups excluding carboxylic acids is 1. The number of nitrogens with zero attached hydrogens (tertiary/aromatic N) is 2. The van der Waals surface area contributed by atoms with Crippen LogP contribution in [0.15, 0.2) is 78.0 Å². The predicted molar refractivity (Wildman–Crippen MR) is 104 cm³/mol. The first-order valence-electron chi connectivity index (χ1n) is 8.42. The minimum absolute atomic E-state index is 0.00538. The van der Waals surface area contributed by atoms with Crippen LogP contribution >= 0.6 is 0 Å². The number of hydrogen-bond acceptors (Lipinski definition) is 5. The molecular formula is C20H18FN3O3S. The van der Waals surface area contributed by atoms with Crippen LogP contribution in [-0.4, -0.2) is 25.7 Å². The largest absolute Gasteiger partial charge is 0.324 e. The van der Waals surface area contributed by atoms with Gasteiger partial charge in [0.05, 0.1) is 18.8 Å². The molecule has 2 N–H and O–H groups in total. The molecule has 2 aromatic carbocycles. The Balaban J connectivity index is 2.01. The first-order valence-corrected chi connectivity index (χ1v) is 9.86. The van der Waals surface area contributed by atoms with E-state index in [1.807, 2.05) is 0 Å². The molecule has 0 aliphatic rings. The van der Waals surface area contributed by atoms with Crippen molar-refractivity contribution >= 4 is 21.5 Å². The molecule has 0 aliphatic heterocycles.